The molecule has 0 heterocycles. The Balaban J connectivity index is 2.76. The van der Waals surface area contributed by atoms with Gasteiger partial charge in [0.25, 0.3) is 0 Å². The molecule has 0 amide bonds. The Hall–Kier alpha value is -1.50. The maximum Gasteiger partial charge on any atom is 0.0425 e. The molecular formula is C15H21N. The van der Waals surface area contributed by atoms with E-state index in [1.807, 2.05) is 13.0 Å². The molecule has 0 spiro atoms. The molecule has 0 radical (unpaired) electrons. The average molecular weight is 215 g/mol. The van der Waals surface area contributed by atoms with Crippen LogP contribution < -0.4 is 4.90 Å². The van der Waals surface area contributed by atoms with Crippen LogP contribution in [0.4, 0.5) is 5.69 Å². The van der Waals surface area contributed by atoms with Crippen LogP contribution in [0.3, 0.4) is 0 Å². The van der Waals surface area contributed by atoms with Crippen LogP contribution in [0.1, 0.15) is 20.3 Å². The zero-order valence-corrected chi connectivity index (χ0v) is 10.4. The van der Waals surface area contributed by atoms with Crippen LogP contribution >= 0.6 is 0 Å². The highest BCUT2D eigenvalue weighted by Crippen LogP contribution is 2.16. The van der Waals surface area contributed by atoms with Crippen molar-refractivity contribution in [2.45, 2.75) is 20.3 Å². The first-order chi connectivity index (χ1) is 7.65. The molecule has 1 heteroatoms. The lowest BCUT2D eigenvalue weighted by atomic mass is 10.1. The summed E-state index contributed by atoms with van der Waals surface area (Å²) in [6.45, 7) is 14.1. The van der Waals surface area contributed by atoms with Gasteiger partial charge in [-0.05, 0) is 31.1 Å². The van der Waals surface area contributed by atoms with Gasteiger partial charge in [-0.25, -0.2) is 0 Å². The van der Waals surface area contributed by atoms with Gasteiger partial charge in [-0.3, -0.25) is 0 Å². The van der Waals surface area contributed by atoms with Crippen molar-refractivity contribution >= 4 is 5.69 Å². The lowest BCUT2D eigenvalue weighted by Gasteiger charge is -2.25. The Labute approximate surface area is 99.1 Å². The van der Waals surface area contributed by atoms with Crippen molar-refractivity contribution in [1.82, 2.24) is 0 Å². The molecule has 0 fully saturated rings. The van der Waals surface area contributed by atoms with E-state index < -0.39 is 0 Å². The van der Waals surface area contributed by atoms with Crippen molar-refractivity contribution in [3.8, 4) is 0 Å². The molecule has 0 aromatic heterocycles. The summed E-state index contributed by atoms with van der Waals surface area (Å²) >= 11 is 0. The molecule has 0 aliphatic heterocycles. The second-order valence-corrected chi connectivity index (χ2v) is 4.14. The fraction of sp³-hybridized carbons (Fsp3) is 0.333. The standard InChI is InChI=1S/C15H21N/c1-5-11-16(12-14(4)13(2)3)15-9-7-6-8-10-15/h6-10H,2,4-5,11-12H2,1,3H3. The molecule has 86 valence electrons. The molecule has 0 unspecified atom stereocenters. The number of rotatable bonds is 6. The van der Waals surface area contributed by atoms with E-state index >= 15 is 0 Å². The van der Waals surface area contributed by atoms with Crippen LogP contribution in [0.25, 0.3) is 0 Å². The lowest BCUT2D eigenvalue weighted by Crippen LogP contribution is -2.26. The highest BCUT2D eigenvalue weighted by molar-refractivity contribution is 5.48. The quantitative estimate of drug-likeness (QED) is 0.647. The second-order valence-electron chi connectivity index (χ2n) is 4.14. The second kappa shape index (κ2) is 6.16. The van der Waals surface area contributed by atoms with Crippen LogP contribution in [0.5, 0.6) is 0 Å². The summed E-state index contributed by atoms with van der Waals surface area (Å²) in [7, 11) is 0. The molecule has 0 saturated heterocycles. The van der Waals surface area contributed by atoms with E-state index in [1.165, 1.54) is 5.69 Å². The number of benzene rings is 1. The lowest BCUT2D eigenvalue weighted by molar-refractivity contribution is 0.804. The zero-order valence-electron chi connectivity index (χ0n) is 10.4. The van der Waals surface area contributed by atoms with Gasteiger partial charge < -0.3 is 4.90 Å². The zero-order chi connectivity index (χ0) is 12.0. The first-order valence-electron chi connectivity index (χ1n) is 5.78. The third kappa shape index (κ3) is 3.58. The van der Waals surface area contributed by atoms with E-state index in [0.29, 0.717) is 0 Å². The largest absolute Gasteiger partial charge is 0.367 e. The van der Waals surface area contributed by atoms with Crippen LogP contribution in [-0.4, -0.2) is 13.1 Å². The molecule has 16 heavy (non-hydrogen) atoms. The minimum atomic E-state index is 0.868. The van der Waals surface area contributed by atoms with Gasteiger partial charge >= 0.3 is 0 Å². The number of anilines is 1. The number of hydrogen-bond donors (Lipinski definition) is 0. The van der Waals surface area contributed by atoms with Crippen molar-refractivity contribution in [3.05, 3.63) is 54.6 Å². The topological polar surface area (TPSA) is 3.24 Å². The van der Waals surface area contributed by atoms with Crippen LogP contribution in [0.2, 0.25) is 0 Å². The molecule has 0 atom stereocenters. The summed E-state index contributed by atoms with van der Waals surface area (Å²) in [6, 6.07) is 10.5. The van der Waals surface area contributed by atoms with Crippen LogP contribution in [-0.2, 0) is 0 Å². The average Bonchev–Trinajstić information content (AvgIpc) is 2.29. The molecule has 1 aromatic carbocycles. The minimum Gasteiger partial charge on any atom is -0.367 e. The van der Waals surface area contributed by atoms with Crippen molar-refractivity contribution in [3.63, 3.8) is 0 Å². The van der Waals surface area contributed by atoms with Gasteiger partial charge in [0.15, 0.2) is 0 Å². The Morgan fingerprint density at radius 1 is 1.19 bits per heavy atom. The van der Waals surface area contributed by atoms with Crippen molar-refractivity contribution in [1.29, 1.82) is 0 Å². The molecule has 1 rings (SSSR count). The van der Waals surface area contributed by atoms with E-state index in [0.717, 1.165) is 30.7 Å². The summed E-state index contributed by atoms with van der Waals surface area (Å²) in [6.07, 6.45) is 1.14. The number of para-hydroxylation sites is 1. The minimum absolute atomic E-state index is 0.868. The first kappa shape index (κ1) is 12.6. The molecule has 1 aromatic rings. The van der Waals surface area contributed by atoms with E-state index in [9.17, 15) is 0 Å². The molecule has 0 aliphatic carbocycles. The number of hydrogen-bond acceptors (Lipinski definition) is 1. The van der Waals surface area contributed by atoms with Gasteiger partial charge in [0.2, 0.25) is 0 Å². The fourth-order valence-electron chi connectivity index (χ4n) is 1.57. The normalized spacial score (nSPS) is 9.88. The summed E-state index contributed by atoms with van der Waals surface area (Å²) in [4.78, 5) is 2.34. The molecule has 0 N–H and O–H groups in total. The van der Waals surface area contributed by atoms with Gasteiger partial charge in [-0.2, -0.15) is 0 Å². The smallest absolute Gasteiger partial charge is 0.0425 e. The molecule has 1 nitrogen and oxygen atoms in total. The Morgan fingerprint density at radius 3 is 2.31 bits per heavy atom. The summed E-state index contributed by atoms with van der Waals surface area (Å²) in [5.41, 5.74) is 3.43. The maximum atomic E-state index is 4.06. The summed E-state index contributed by atoms with van der Waals surface area (Å²) in [5.74, 6) is 0. The molecule has 0 aliphatic rings. The van der Waals surface area contributed by atoms with Gasteiger partial charge in [-0.1, -0.05) is 43.9 Å². The maximum absolute atomic E-state index is 4.06. The summed E-state index contributed by atoms with van der Waals surface area (Å²) in [5, 5.41) is 0. The predicted molar refractivity (Wildman–Crippen MR) is 72.9 cm³/mol. The Morgan fingerprint density at radius 2 is 1.81 bits per heavy atom. The number of nitrogens with zero attached hydrogens (tertiary/aromatic N) is 1. The third-order valence-electron chi connectivity index (χ3n) is 2.60. The molecule has 0 bridgehead atoms. The van der Waals surface area contributed by atoms with Gasteiger partial charge in [-0.15, -0.1) is 0 Å². The monoisotopic (exact) mass is 215 g/mol. The van der Waals surface area contributed by atoms with Crippen molar-refractivity contribution in [2.75, 3.05) is 18.0 Å². The van der Waals surface area contributed by atoms with Crippen molar-refractivity contribution in [2.24, 2.45) is 0 Å². The molecule has 0 saturated carbocycles. The van der Waals surface area contributed by atoms with Gasteiger partial charge in [0, 0.05) is 18.8 Å². The summed E-state index contributed by atoms with van der Waals surface area (Å²) < 4.78 is 0. The van der Waals surface area contributed by atoms with E-state index in [1.54, 1.807) is 0 Å². The Kier molecular flexibility index (Phi) is 4.84. The van der Waals surface area contributed by atoms with Crippen LogP contribution in [0, 0.1) is 0 Å². The Bertz CT molecular complexity index is 351. The van der Waals surface area contributed by atoms with Gasteiger partial charge in [0.1, 0.15) is 0 Å². The van der Waals surface area contributed by atoms with E-state index in [2.05, 4.69) is 49.2 Å². The predicted octanol–water partition coefficient (Wildman–Crippen LogP) is 4.04. The SMILES string of the molecule is C=C(C)C(=C)CN(CCC)c1ccccc1. The van der Waals surface area contributed by atoms with E-state index in [4.69, 9.17) is 0 Å². The van der Waals surface area contributed by atoms with E-state index in [-0.39, 0.29) is 0 Å². The molecular weight excluding hydrogens is 194 g/mol. The van der Waals surface area contributed by atoms with Crippen LogP contribution in [0.15, 0.2) is 54.6 Å². The third-order valence-corrected chi connectivity index (χ3v) is 2.60. The van der Waals surface area contributed by atoms with Crippen molar-refractivity contribution < 1.29 is 0 Å². The first-order valence-corrected chi connectivity index (χ1v) is 5.78. The highest BCUT2D eigenvalue weighted by Gasteiger charge is 2.06. The fourth-order valence-corrected chi connectivity index (χ4v) is 1.57. The van der Waals surface area contributed by atoms with Gasteiger partial charge in [0.05, 0.1) is 0 Å². The highest BCUT2D eigenvalue weighted by atomic mass is 15.1.